The van der Waals surface area contributed by atoms with Crippen molar-refractivity contribution in [1.29, 1.82) is 0 Å². The minimum Gasteiger partial charge on any atom is -0.481 e. The first-order valence-corrected chi connectivity index (χ1v) is 11.0. The minimum absolute atomic E-state index is 0.00109. The van der Waals surface area contributed by atoms with Crippen molar-refractivity contribution in [1.82, 2.24) is 16.0 Å². The average molecular weight is 488 g/mol. The van der Waals surface area contributed by atoms with Crippen LogP contribution < -0.4 is 27.4 Å². The number of amides is 4. The van der Waals surface area contributed by atoms with Crippen LogP contribution in [0.5, 0.6) is 0 Å². The molecule has 9 N–H and O–H groups in total. The van der Waals surface area contributed by atoms with Gasteiger partial charge in [0.1, 0.15) is 18.1 Å². The van der Waals surface area contributed by atoms with E-state index >= 15 is 0 Å². The molecule has 0 saturated carbocycles. The summed E-state index contributed by atoms with van der Waals surface area (Å²) in [6.45, 7) is 6.93. The molecule has 0 bridgehead atoms. The highest BCUT2D eigenvalue weighted by Crippen LogP contribution is 2.10. The standard InChI is InChI=1S/C21H37N5O8/c1-10(2)9-14(19(31)24-13(21(33)34)6-8-16(28)29)25-20(32)17(11(3)4)26-18(30)12(22)5-7-15(23)27/h10-14,17H,5-9,22H2,1-4H3,(H2,23,27)(H,24,31)(H,25,32)(H,26,30)(H,28,29)(H,33,34). The quantitative estimate of drug-likeness (QED) is 0.137. The maximum absolute atomic E-state index is 12.9. The monoisotopic (exact) mass is 487 g/mol. The van der Waals surface area contributed by atoms with Crippen LogP contribution in [0.3, 0.4) is 0 Å². The molecule has 0 aliphatic heterocycles. The predicted molar refractivity (Wildman–Crippen MR) is 121 cm³/mol. The Bertz CT molecular complexity index is 755. The molecule has 4 unspecified atom stereocenters. The summed E-state index contributed by atoms with van der Waals surface area (Å²) < 4.78 is 0. The Hall–Kier alpha value is -3.22. The third-order valence-electron chi connectivity index (χ3n) is 4.89. The van der Waals surface area contributed by atoms with Crippen molar-refractivity contribution in [3.05, 3.63) is 0 Å². The Morgan fingerprint density at radius 2 is 1.32 bits per heavy atom. The largest absolute Gasteiger partial charge is 0.481 e. The van der Waals surface area contributed by atoms with Crippen molar-refractivity contribution < 1.29 is 39.0 Å². The number of rotatable bonds is 16. The van der Waals surface area contributed by atoms with Gasteiger partial charge in [0.25, 0.3) is 0 Å². The minimum atomic E-state index is -1.45. The van der Waals surface area contributed by atoms with Crippen molar-refractivity contribution in [3.63, 3.8) is 0 Å². The number of carbonyl (C=O) groups excluding carboxylic acids is 4. The van der Waals surface area contributed by atoms with Crippen LogP contribution in [-0.4, -0.2) is 69.9 Å². The van der Waals surface area contributed by atoms with Crippen LogP contribution in [0, 0.1) is 11.8 Å². The van der Waals surface area contributed by atoms with Gasteiger partial charge in [-0.05, 0) is 31.1 Å². The fourth-order valence-electron chi connectivity index (χ4n) is 2.99. The number of hydrogen-bond acceptors (Lipinski definition) is 7. The molecule has 13 nitrogen and oxygen atoms in total. The lowest BCUT2D eigenvalue weighted by atomic mass is 9.99. The molecule has 13 heteroatoms. The van der Waals surface area contributed by atoms with Gasteiger partial charge in [0.2, 0.25) is 23.6 Å². The fourth-order valence-corrected chi connectivity index (χ4v) is 2.99. The summed E-state index contributed by atoms with van der Waals surface area (Å²) in [7, 11) is 0. The first kappa shape index (κ1) is 30.8. The van der Waals surface area contributed by atoms with Gasteiger partial charge >= 0.3 is 11.9 Å². The van der Waals surface area contributed by atoms with Crippen molar-refractivity contribution in [3.8, 4) is 0 Å². The number of nitrogens with two attached hydrogens (primary N) is 2. The Kier molecular flexibility index (Phi) is 13.4. The van der Waals surface area contributed by atoms with Gasteiger partial charge < -0.3 is 37.6 Å². The van der Waals surface area contributed by atoms with Crippen molar-refractivity contribution in [2.75, 3.05) is 0 Å². The second-order valence-electron chi connectivity index (χ2n) is 8.86. The molecule has 194 valence electrons. The van der Waals surface area contributed by atoms with Crippen LogP contribution in [0.1, 0.15) is 59.8 Å². The molecule has 0 aromatic rings. The number of nitrogens with one attached hydrogen (secondary N) is 3. The molecule has 0 saturated heterocycles. The Morgan fingerprint density at radius 3 is 1.76 bits per heavy atom. The van der Waals surface area contributed by atoms with Gasteiger partial charge in [0, 0.05) is 12.8 Å². The highest BCUT2D eigenvalue weighted by Gasteiger charge is 2.32. The van der Waals surface area contributed by atoms with Crippen LogP contribution >= 0.6 is 0 Å². The molecular formula is C21H37N5O8. The number of carboxylic acid groups (broad SMARTS) is 2. The number of carbonyl (C=O) groups is 6. The van der Waals surface area contributed by atoms with Crippen LogP contribution in [0.15, 0.2) is 0 Å². The number of primary amides is 1. The molecule has 0 aromatic carbocycles. The molecule has 34 heavy (non-hydrogen) atoms. The van der Waals surface area contributed by atoms with E-state index in [0.29, 0.717) is 0 Å². The first-order valence-electron chi connectivity index (χ1n) is 11.0. The van der Waals surface area contributed by atoms with E-state index in [0.717, 1.165) is 0 Å². The molecule has 0 rings (SSSR count). The normalized spacial score (nSPS) is 14.6. The molecule has 0 aromatic heterocycles. The molecule has 4 amide bonds. The summed E-state index contributed by atoms with van der Waals surface area (Å²) in [4.78, 5) is 71.1. The highest BCUT2D eigenvalue weighted by molar-refractivity contribution is 5.94. The molecule has 0 fully saturated rings. The van der Waals surface area contributed by atoms with Gasteiger partial charge in [-0.1, -0.05) is 27.7 Å². The molecule has 0 spiro atoms. The number of carboxylic acids is 2. The van der Waals surface area contributed by atoms with Crippen molar-refractivity contribution in [2.24, 2.45) is 23.3 Å². The van der Waals surface area contributed by atoms with Crippen LogP contribution in [0.25, 0.3) is 0 Å². The second-order valence-corrected chi connectivity index (χ2v) is 8.86. The van der Waals surface area contributed by atoms with Gasteiger partial charge in [0.15, 0.2) is 0 Å². The lowest BCUT2D eigenvalue weighted by Crippen LogP contribution is -2.58. The average Bonchev–Trinajstić information content (AvgIpc) is 2.70. The van der Waals surface area contributed by atoms with E-state index in [2.05, 4.69) is 16.0 Å². The van der Waals surface area contributed by atoms with E-state index in [1.165, 1.54) is 0 Å². The van der Waals surface area contributed by atoms with E-state index in [-0.39, 0.29) is 31.6 Å². The summed E-state index contributed by atoms with van der Waals surface area (Å²) in [6, 6.07) is -4.70. The Morgan fingerprint density at radius 1 is 0.765 bits per heavy atom. The summed E-state index contributed by atoms with van der Waals surface area (Å²) in [5.41, 5.74) is 10.8. The smallest absolute Gasteiger partial charge is 0.326 e. The van der Waals surface area contributed by atoms with Crippen molar-refractivity contribution in [2.45, 2.75) is 84.0 Å². The number of aliphatic carboxylic acids is 2. The van der Waals surface area contributed by atoms with Crippen LogP contribution in [0.2, 0.25) is 0 Å². The molecule has 0 aliphatic carbocycles. The van der Waals surface area contributed by atoms with E-state index < -0.39 is 72.1 Å². The Labute approximate surface area is 198 Å². The zero-order chi connectivity index (χ0) is 26.6. The van der Waals surface area contributed by atoms with Crippen molar-refractivity contribution >= 4 is 35.6 Å². The predicted octanol–water partition coefficient (Wildman–Crippen LogP) is -1.31. The Balaban J connectivity index is 5.41. The highest BCUT2D eigenvalue weighted by atomic mass is 16.4. The molecule has 0 radical (unpaired) electrons. The van der Waals surface area contributed by atoms with Crippen LogP contribution in [-0.2, 0) is 28.8 Å². The van der Waals surface area contributed by atoms with Gasteiger partial charge in [0.05, 0.1) is 6.04 Å². The van der Waals surface area contributed by atoms with E-state index in [9.17, 15) is 33.9 Å². The van der Waals surface area contributed by atoms with E-state index in [1.807, 2.05) is 0 Å². The maximum atomic E-state index is 12.9. The summed E-state index contributed by atoms with van der Waals surface area (Å²) in [5.74, 6) is -5.81. The summed E-state index contributed by atoms with van der Waals surface area (Å²) in [5, 5.41) is 25.4. The lowest BCUT2D eigenvalue weighted by molar-refractivity contribution is -0.143. The zero-order valence-electron chi connectivity index (χ0n) is 20.0. The van der Waals surface area contributed by atoms with Gasteiger partial charge in [-0.25, -0.2) is 4.79 Å². The SMILES string of the molecule is CC(C)CC(NC(=O)C(NC(=O)C(N)CCC(N)=O)C(C)C)C(=O)NC(CCC(=O)O)C(=O)O. The molecule has 0 heterocycles. The lowest BCUT2D eigenvalue weighted by Gasteiger charge is -2.27. The topological polar surface area (TPSA) is 231 Å². The first-order chi connectivity index (χ1) is 15.6. The molecule has 4 atom stereocenters. The second kappa shape index (κ2) is 14.8. The van der Waals surface area contributed by atoms with E-state index in [1.54, 1.807) is 27.7 Å². The van der Waals surface area contributed by atoms with Gasteiger partial charge in [-0.2, -0.15) is 0 Å². The molecular weight excluding hydrogens is 450 g/mol. The van der Waals surface area contributed by atoms with Gasteiger partial charge in [-0.3, -0.25) is 24.0 Å². The van der Waals surface area contributed by atoms with Gasteiger partial charge in [-0.15, -0.1) is 0 Å². The van der Waals surface area contributed by atoms with Crippen LogP contribution in [0.4, 0.5) is 0 Å². The zero-order valence-corrected chi connectivity index (χ0v) is 20.0. The van der Waals surface area contributed by atoms with E-state index in [4.69, 9.17) is 16.6 Å². The number of hydrogen-bond donors (Lipinski definition) is 7. The maximum Gasteiger partial charge on any atom is 0.326 e. The fraction of sp³-hybridized carbons (Fsp3) is 0.714. The third kappa shape index (κ3) is 12.1. The third-order valence-corrected chi connectivity index (χ3v) is 4.89. The molecule has 0 aliphatic rings. The summed E-state index contributed by atoms with van der Waals surface area (Å²) in [6.07, 6.45) is -0.725. The summed E-state index contributed by atoms with van der Waals surface area (Å²) >= 11 is 0.